The quantitative estimate of drug-likeness (QED) is 0.492. The van der Waals surface area contributed by atoms with Crippen molar-refractivity contribution in [3.8, 4) is 0 Å². The Balaban J connectivity index is 0.000001000. The molecule has 3 heteroatoms. The van der Waals surface area contributed by atoms with Crippen LogP contribution in [0.1, 0.15) is 26.7 Å². The number of nitrogens with one attached hydrogen (secondary N) is 1. The maximum absolute atomic E-state index is 11.0. The van der Waals surface area contributed by atoms with Gasteiger partial charge in [-0.3, -0.25) is 4.79 Å². The molecule has 0 radical (unpaired) electrons. The first-order valence-corrected chi connectivity index (χ1v) is 4.06. The van der Waals surface area contributed by atoms with E-state index >= 15 is 0 Å². The van der Waals surface area contributed by atoms with E-state index in [2.05, 4.69) is 13.8 Å². The Labute approximate surface area is 78.7 Å². The number of halogens is 1. The molecule has 1 rings (SSSR count). The molecule has 66 valence electrons. The van der Waals surface area contributed by atoms with E-state index in [0.717, 1.165) is 19.4 Å². The lowest BCUT2D eigenvalue weighted by molar-refractivity contribution is -0.916. The second-order valence-electron chi connectivity index (χ2n) is 3.38. The van der Waals surface area contributed by atoms with E-state index in [4.69, 9.17) is 0 Å². The zero-order chi connectivity index (χ0) is 7.56. The Bertz CT molecular complexity index is 136. The van der Waals surface area contributed by atoms with Crippen LogP contribution in [0.2, 0.25) is 0 Å². The van der Waals surface area contributed by atoms with Gasteiger partial charge in [0.15, 0.2) is 5.78 Å². The van der Waals surface area contributed by atoms with Gasteiger partial charge < -0.3 is 21.9 Å². The van der Waals surface area contributed by atoms with E-state index in [0.29, 0.717) is 11.8 Å². The Morgan fingerprint density at radius 2 is 2.09 bits per heavy atom. The summed E-state index contributed by atoms with van der Waals surface area (Å²) in [6.07, 6.45) is 1.91. The van der Waals surface area contributed by atoms with Crippen molar-refractivity contribution in [3.05, 3.63) is 0 Å². The highest BCUT2D eigenvalue weighted by molar-refractivity contribution is 5.79. The standard InChI is InChI=1S/C8H15NO.BrH/c1-7(2)9-5-3-4-8(10)6-9;/h7H,3-6H2,1-2H3;1H. The predicted molar refractivity (Wildman–Crippen MR) is 40.1 cm³/mol. The van der Waals surface area contributed by atoms with Gasteiger partial charge in [0.1, 0.15) is 6.54 Å². The number of carbonyl (C=O) groups is 1. The zero-order valence-electron chi connectivity index (χ0n) is 7.19. The molecule has 1 unspecified atom stereocenters. The third-order valence-electron chi connectivity index (χ3n) is 2.19. The second-order valence-corrected chi connectivity index (χ2v) is 3.38. The number of ketones is 1. The molecule has 2 nitrogen and oxygen atoms in total. The molecule has 0 aliphatic carbocycles. The fourth-order valence-electron chi connectivity index (χ4n) is 1.44. The molecule has 0 aromatic rings. The fraction of sp³-hybridized carbons (Fsp3) is 0.875. The summed E-state index contributed by atoms with van der Waals surface area (Å²) in [5.74, 6) is 0.440. The van der Waals surface area contributed by atoms with Crippen LogP contribution in [0.4, 0.5) is 0 Å². The number of quaternary nitrogens is 1. The summed E-state index contributed by atoms with van der Waals surface area (Å²) in [5, 5.41) is 0. The van der Waals surface area contributed by atoms with E-state index in [1.54, 1.807) is 0 Å². The molecule has 0 spiro atoms. The van der Waals surface area contributed by atoms with Crippen molar-refractivity contribution >= 4 is 5.78 Å². The SMILES string of the molecule is CC(C)[NH+]1CCCC(=O)C1.[Br-]. The van der Waals surface area contributed by atoms with Crippen molar-refractivity contribution in [1.82, 2.24) is 0 Å². The molecule has 0 saturated carbocycles. The van der Waals surface area contributed by atoms with Crippen LogP contribution in [-0.2, 0) is 4.79 Å². The van der Waals surface area contributed by atoms with E-state index in [9.17, 15) is 4.79 Å². The first-order valence-electron chi connectivity index (χ1n) is 4.06. The Hall–Kier alpha value is 0.110. The molecule has 11 heavy (non-hydrogen) atoms. The van der Waals surface area contributed by atoms with E-state index in [1.165, 1.54) is 11.4 Å². The van der Waals surface area contributed by atoms with E-state index < -0.39 is 0 Å². The lowest BCUT2D eigenvalue weighted by Crippen LogP contribution is -3.16. The molecule has 1 atom stereocenters. The lowest BCUT2D eigenvalue weighted by atomic mass is 10.1. The minimum atomic E-state index is 0. The van der Waals surface area contributed by atoms with Crippen LogP contribution in [-0.4, -0.2) is 24.9 Å². The van der Waals surface area contributed by atoms with Gasteiger partial charge >= 0.3 is 0 Å². The molecule has 0 bridgehead atoms. The first-order chi connectivity index (χ1) is 4.70. The molecule has 1 fully saturated rings. The molecule has 0 aromatic heterocycles. The highest BCUT2D eigenvalue weighted by Gasteiger charge is 2.21. The maximum Gasteiger partial charge on any atom is 0.187 e. The molecule has 0 aromatic carbocycles. The van der Waals surface area contributed by atoms with Crippen LogP contribution in [0.3, 0.4) is 0 Å². The molecule has 1 N–H and O–H groups in total. The summed E-state index contributed by atoms with van der Waals surface area (Å²) in [5.41, 5.74) is 0. The predicted octanol–water partition coefficient (Wildman–Crippen LogP) is -3.35. The monoisotopic (exact) mass is 221 g/mol. The Morgan fingerprint density at radius 1 is 1.45 bits per heavy atom. The van der Waals surface area contributed by atoms with Crippen LogP contribution in [0.15, 0.2) is 0 Å². The maximum atomic E-state index is 11.0. The number of carbonyl (C=O) groups excluding carboxylic acids is 1. The fourth-order valence-corrected chi connectivity index (χ4v) is 1.44. The van der Waals surface area contributed by atoms with Gasteiger partial charge in [-0.15, -0.1) is 0 Å². The van der Waals surface area contributed by atoms with Crippen molar-refractivity contribution in [2.45, 2.75) is 32.7 Å². The number of hydrogen-bond donors (Lipinski definition) is 1. The van der Waals surface area contributed by atoms with Gasteiger partial charge in [-0.2, -0.15) is 0 Å². The molecule has 0 amide bonds. The van der Waals surface area contributed by atoms with Crippen molar-refractivity contribution in [3.63, 3.8) is 0 Å². The summed E-state index contributed by atoms with van der Waals surface area (Å²) >= 11 is 0. The average molecular weight is 222 g/mol. The second kappa shape index (κ2) is 4.88. The van der Waals surface area contributed by atoms with Gasteiger partial charge in [-0.05, 0) is 13.8 Å². The summed E-state index contributed by atoms with van der Waals surface area (Å²) < 4.78 is 0. The van der Waals surface area contributed by atoms with Crippen molar-refractivity contribution in [2.24, 2.45) is 0 Å². The van der Waals surface area contributed by atoms with Gasteiger partial charge in [0.2, 0.25) is 0 Å². The highest BCUT2D eigenvalue weighted by atomic mass is 79.9. The highest BCUT2D eigenvalue weighted by Crippen LogP contribution is 1.91. The van der Waals surface area contributed by atoms with Crippen molar-refractivity contribution in [2.75, 3.05) is 13.1 Å². The first kappa shape index (κ1) is 11.1. The van der Waals surface area contributed by atoms with Crippen LogP contribution in [0.5, 0.6) is 0 Å². The molecule has 1 heterocycles. The Kier molecular flexibility index (Phi) is 4.93. The van der Waals surface area contributed by atoms with Gasteiger partial charge in [-0.1, -0.05) is 0 Å². The smallest absolute Gasteiger partial charge is 0.187 e. The van der Waals surface area contributed by atoms with Crippen LogP contribution in [0.25, 0.3) is 0 Å². The summed E-state index contributed by atoms with van der Waals surface area (Å²) in [6, 6.07) is 0.615. The van der Waals surface area contributed by atoms with E-state index in [-0.39, 0.29) is 17.0 Å². The number of rotatable bonds is 1. The van der Waals surface area contributed by atoms with Crippen LogP contribution >= 0.6 is 0 Å². The van der Waals surface area contributed by atoms with Crippen molar-refractivity contribution < 1.29 is 26.7 Å². The third-order valence-corrected chi connectivity index (χ3v) is 2.19. The third kappa shape index (κ3) is 3.34. The normalized spacial score (nSPS) is 25.0. The van der Waals surface area contributed by atoms with Gasteiger partial charge in [0.05, 0.1) is 12.6 Å². The Morgan fingerprint density at radius 3 is 2.45 bits per heavy atom. The lowest BCUT2D eigenvalue weighted by Gasteiger charge is -2.25. The minimum absolute atomic E-state index is 0. The molecule has 1 saturated heterocycles. The van der Waals surface area contributed by atoms with E-state index in [1.807, 2.05) is 0 Å². The summed E-state index contributed by atoms with van der Waals surface area (Å²) in [6.45, 7) is 6.29. The van der Waals surface area contributed by atoms with Crippen molar-refractivity contribution in [1.29, 1.82) is 0 Å². The minimum Gasteiger partial charge on any atom is -1.00 e. The number of Topliss-reactive ketones (excluding diaryl/α,β-unsaturated/α-hetero) is 1. The average Bonchev–Trinajstić information content (AvgIpc) is 1.88. The number of hydrogen-bond acceptors (Lipinski definition) is 1. The topological polar surface area (TPSA) is 21.5 Å². The molecular formula is C8H16BrNO. The van der Waals surface area contributed by atoms with Crippen LogP contribution < -0.4 is 21.9 Å². The van der Waals surface area contributed by atoms with Gasteiger partial charge in [0, 0.05) is 12.8 Å². The summed E-state index contributed by atoms with van der Waals surface area (Å²) in [4.78, 5) is 12.4. The number of piperidine rings is 1. The molecular weight excluding hydrogens is 206 g/mol. The number of likely N-dealkylation sites (tertiary alicyclic amines) is 1. The molecule has 1 aliphatic rings. The zero-order valence-corrected chi connectivity index (χ0v) is 8.78. The largest absolute Gasteiger partial charge is 1.00 e. The van der Waals surface area contributed by atoms with Gasteiger partial charge in [-0.25, -0.2) is 0 Å². The molecule has 1 aliphatic heterocycles. The van der Waals surface area contributed by atoms with Gasteiger partial charge in [0.25, 0.3) is 0 Å². The summed E-state index contributed by atoms with van der Waals surface area (Å²) in [7, 11) is 0. The van der Waals surface area contributed by atoms with Crippen LogP contribution in [0, 0.1) is 0 Å².